The zero-order chi connectivity index (χ0) is 13.8. The Labute approximate surface area is 113 Å². The molecule has 0 spiro atoms. The van der Waals surface area contributed by atoms with Crippen LogP contribution in [0.15, 0.2) is 42.5 Å². The van der Waals surface area contributed by atoms with E-state index in [0.29, 0.717) is 18.0 Å². The number of aromatic hydroxyl groups is 1. The summed E-state index contributed by atoms with van der Waals surface area (Å²) >= 11 is 0. The average molecular weight is 258 g/mol. The van der Waals surface area contributed by atoms with Crippen molar-refractivity contribution in [3.63, 3.8) is 0 Å². The van der Waals surface area contributed by atoms with Gasteiger partial charge in [0.1, 0.15) is 18.1 Å². The second-order valence-electron chi connectivity index (χ2n) is 4.57. The number of phenolic OH excluding ortho intramolecular Hbond substituents is 1. The molecule has 0 aliphatic heterocycles. The molecule has 0 aromatic heterocycles. The third kappa shape index (κ3) is 3.31. The van der Waals surface area contributed by atoms with Gasteiger partial charge in [0.05, 0.1) is 5.69 Å². The van der Waals surface area contributed by atoms with Crippen LogP contribution in [-0.2, 0) is 6.61 Å². The summed E-state index contributed by atoms with van der Waals surface area (Å²) in [6.45, 7) is 0.418. The molecule has 2 rings (SSSR count). The summed E-state index contributed by atoms with van der Waals surface area (Å²) in [5.74, 6) is 0.914. The van der Waals surface area contributed by atoms with Crippen LogP contribution in [0.25, 0.3) is 0 Å². The minimum Gasteiger partial charge on any atom is -0.508 e. The maximum Gasteiger partial charge on any atom is 0.144 e. The van der Waals surface area contributed by atoms with Crippen LogP contribution in [-0.4, -0.2) is 19.2 Å². The summed E-state index contributed by atoms with van der Waals surface area (Å²) in [7, 11) is 3.94. The Morgan fingerprint density at radius 1 is 1.11 bits per heavy atom. The van der Waals surface area contributed by atoms with Gasteiger partial charge in [-0.25, -0.2) is 0 Å². The molecule has 0 amide bonds. The van der Waals surface area contributed by atoms with E-state index in [1.165, 1.54) is 0 Å². The summed E-state index contributed by atoms with van der Waals surface area (Å²) in [6.07, 6.45) is 0. The first kappa shape index (κ1) is 13.1. The Balaban J connectivity index is 2.10. The molecule has 4 heteroatoms. The number of hydrogen-bond donors (Lipinski definition) is 2. The number of nitrogen functional groups attached to an aromatic ring is 1. The highest BCUT2D eigenvalue weighted by atomic mass is 16.5. The van der Waals surface area contributed by atoms with Gasteiger partial charge >= 0.3 is 0 Å². The SMILES string of the molecule is CN(C)c1ccc(N)c(OCc2ccc(O)cc2)c1. The van der Waals surface area contributed by atoms with Crippen molar-refractivity contribution in [2.75, 3.05) is 24.7 Å². The van der Waals surface area contributed by atoms with E-state index in [0.717, 1.165) is 11.3 Å². The quantitative estimate of drug-likeness (QED) is 0.828. The van der Waals surface area contributed by atoms with Crippen LogP contribution in [0.2, 0.25) is 0 Å². The number of rotatable bonds is 4. The Morgan fingerprint density at radius 3 is 2.42 bits per heavy atom. The molecular weight excluding hydrogens is 240 g/mol. The van der Waals surface area contributed by atoms with Gasteiger partial charge in [0.2, 0.25) is 0 Å². The fraction of sp³-hybridized carbons (Fsp3) is 0.200. The molecular formula is C15H18N2O2. The first-order valence-corrected chi connectivity index (χ1v) is 6.04. The van der Waals surface area contributed by atoms with Crippen molar-refractivity contribution in [1.82, 2.24) is 0 Å². The van der Waals surface area contributed by atoms with Crippen molar-refractivity contribution in [3.05, 3.63) is 48.0 Å². The number of nitrogens with zero attached hydrogens (tertiary/aromatic N) is 1. The van der Waals surface area contributed by atoms with E-state index in [2.05, 4.69) is 0 Å². The van der Waals surface area contributed by atoms with Crippen LogP contribution in [0.1, 0.15) is 5.56 Å². The van der Waals surface area contributed by atoms with Gasteiger partial charge in [0, 0.05) is 25.8 Å². The monoisotopic (exact) mass is 258 g/mol. The molecule has 3 N–H and O–H groups in total. The van der Waals surface area contributed by atoms with Gasteiger partial charge in [-0.05, 0) is 29.8 Å². The fourth-order valence-corrected chi connectivity index (χ4v) is 1.68. The molecule has 0 heterocycles. The van der Waals surface area contributed by atoms with E-state index in [1.807, 2.05) is 49.3 Å². The molecule has 4 nitrogen and oxygen atoms in total. The van der Waals surface area contributed by atoms with Crippen molar-refractivity contribution in [2.45, 2.75) is 6.61 Å². The Bertz CT molecular complexity index is 551. The summed E-state index contributed by atoms with van der Waals surface area (Å²) in [5.41, 5.74) is 8.53. The van der Waals surface area contributed by atoms with E-state index in [-0.39, 0.29) is 5.75 Å². The molecule has 0 radical (unpaired) electrons. The Morgan fingerprint density at radius 2 is 1.79 bits per heavy atom. The Hall–Kier alpha value is -2.36. The topological polar surface area (TPSA) is 58.7 Å². The molecule has 0 unspecified atom stereocenters. The Kier molecular flexibility index (Phi) is 3.80. The maximum atomic E-state index is 9.22. The molecule has 19 heavy (non-hydrogen) atoms. The van der Waals surface area contributed by atoms with Crippen molar-refractivity contribution in [3.8, 4) is 11.5 Å². The zero-order valence-electron chi connectivity index (χ0n) is 11.1. The summed E-state index contributed by atoms with van der Waals surface area (Å²) in [6, 6.07) is 12.6. The molecule has 0 aliphatic rings. The third-order valence-electron chi connectivity index (χ3n) is 2.84. The largest absolute Gasteiger partial charge is 0.508 e. The third-order valence-corrected chi connectivity index (χ3v) is 2.84. The highest BCUT2D eigenvalue weighted by Gasteiger charge is 2.04. The second-order valence-corrected chi connectivity index (χ2v) is 4.57. The van der Waals surface area contributed by atoms with Gasteiger partial charge in [-0.2, -0.15) is 0 Å². The second kappa shape index (κ2) is 5.52. The van der Waals surface area contributed by atoms with Crippen molar-refractivity contribution in [1.29, 1.82) is 0 Å². The predicted molar refractivity (Wildman–Crippen MR) is 77.6 cm³/mol. The van der Waals surface area contributed by atoms with E-state index in [1.54, 1.807) is 12.1 Å². The number of phenols is 1. The van der Waals surface area contributed by atoms with E-state index in [4.69, 9.17) is 10.5 Å². The minimum absolute atomic E-state index is 0.248. The highest BCUT2D eigenvalue weighted by molar-refractivity contribution is 5.61. The molecule has 0 fully saturated rings. The van der Waals surface area contributed by atoms with Crippen LogP contribution in [0.3, 0.4) is 0 Å². The number of ether oxygens (including phenoxy) is 1. The van der Waals surface area contributed by atoms with Gasteiger partial charge in [0.25, 0.3) is 0 Å². The standard InChI is InChI=1S/C15H18N2O2/c1-17(2)12-5-8-14(16)15(9-12)19-10-11-3-6-13(18)7-4-11/h3-9,18H,10,16H2,1-2H3. The molecule has 100 valence electrons. The first-order valence-electron chi connectivity index (χ1n) is 6.04. The molecule has 2 aromatic carbocycles. The number of hydrogen-bond acceptors (Lipinski definition) is 4. The van der Waals surface area contributed by atoms with Gasteiger partial charge in [-0.3, -0.25) is 0 Å². The summed E-state index contributed by atoms with van der Waals surface area (Å²) in [4.78, 5) is 1.99. The van der Waals surface area contributed by atoms with Crippen LogP contribution in [0, 0.1) is 0 Å². The molecule has 0 bridgehead atoms. The van der Waals surface area contributed by atoms with Gasteiger partial charge < -0.3 is 20.5 Å². The fourth-order valence-electron chi connectivity index (χ4n) is 1.68. The van der Waals surface area contributed by atoms with Crippen LogP contribution in [0.4, 0.5) is 11.4 Å². The van der Waals surface area contributed by atoms with Crippen molar-refractivity contribution in [2.24, 2.45) is 0 Å². The predicted octanol–water partition coefficient (Wildman–Crippen LogP) is 2.62. The van der Waals surface area contributed by atoms with Crippen LogP contribution >= 0.6 is 0 Å². The van der Waals surface area contributed by atoms with Gasteiger partial charge in [-0.1, -0.05) is 12.1 Å². The molecule has 0 atom stereocenters. The smallest absolute Gasteiger partial charge is 0.144 e. The zero-order valence-corrected chi connectivity index (χ0v) is 11.1. The van der Waals surface area contributed by atoms with Crippen molar-refractivity contribution < 1.29 is 9.84 Å². The molecule has 0 saturated carbocycles. The lowest BCUT2D eigenvalue weighted by Gasteiger charge is -2.15. The first-order chi connectivity index (χ1) is 9.06. The molecule has 0 saturated heterocycles. The van der Waals surface area contributed by atoms with Crippen LogP contribution in [0.5, 0.6) is 11.5 Å². The lowest BCUT2D eigenvalue weighted by Crippen LogP contribution is -2.09. The summed E-state index contributed by atoms with van der Waals surface area (Å²) < 4.78 is 5.72. The maximum absolute atomic E-state index is 9.22. The lowest BCUT2D eigenvalue weighted by atomic mass is 10.2. The highest BCUT2D eigenvalue weighted by Crippen LogP contribution is 2.27. The number of nitrogens with two attached hydrogens (primary N) is 1. The van der Waals surface area contributed by atoms with Gasteiger partial charge in [-0.15, -0.1) is 0 Å². The van der Waals surface area contributed by atoms with Crippen molar-refractivity contribution >= 4 is 11.4 Å². The van der Waals surface area contributed by atoms with Gasteiger partial charge in [0.15, 0.2) is 0 Å². The minimum atomic E-state index is 0.248. The van der Waals surface area contributed by atoms with E-state index in [9.17, 15) is 5.11 Å². The molecule has 2 aromatic rings. The lowest BCUT2D eigenvalue weighted by molar-refractivity contribution is 0.308. The molecule has 0 aliphatic carbocycles. The number of anilines is 2. The average Bonchev–Trinajstić information content (AvgIpc) is 2.39. The normalized spacial score (nSPS) is 10.2. The van der Waals surface area contributed by atoms with E-state index < -0.39 is 0 Å². The number of benzene rings is 2. The van der Waals surface area contributed by atoms with E-state index >= 15 is 0 Å². The summed E-state index contributed by atoms with van der Waals surface area (Å²) in [5, 5.41) is 9.22. The van der Waals surface area contributed by atoms with Crippen LogP contribution < -0.4 is 15.4 Å².